The van der Waals surface area contributed by atoms with Gasteiger partial charge < -0.3 is 0 Å². The predicted octanol–water partition coefficient (Wildman–Crippen LogP) is 3.72. The highest BCUT2D eigenvalue weighted by Crippen LogP contribution is 2.15. The van der Waals surface area contributed by atoms with Crippen LogP contribution in [-0.2, 0) is 0 Å². The molecule has 0 aromatic rings. The molecule has 1 atom stereocenters. The van der Waals surface area contributed by atoms with Gasteiger partial charge in [-0.2, -0.15) is 0 Å². The molecule has 0 aromatic heterocycles. The minimum Gasteiger partial charge on any atom is -0.0985 e. The largest absolute Gasteiger partial charge is 0.0985 e. The smallest absolute Gasteiger partial charge is 0.0218 e. The maximum atomic E-state index is 3.70. The fraction of sp³-hybridized carbons (Fsp3) is 0.455. The van der Waals surface area contributed by atoms with Crippen LogP contribution in [0.1, 0.15) is 27.2 Å². The van der Waals surface area contributed by atoms with Crippen molar-refractivity contribution in [1.29, 1.82) is 0 Å². The Morgan fingerprint density at radius 3 is 2.55 bits per heavy atom. The Kier molecular flexibility index (Phi) is 5.54. The minimum absolute atomic E-state index is 0.697. The molecule has 0 radical (unpaired) electrons. The second kappa shape index (κ2) is 5.96. The van der Waals surface area contributed by atoms with E-state index in [9.17, 15) is 0 Å². The van der Waals surface area contributed by atoms with Crippen LogP contribution in [0.5, 0.6) is 0 Å². The van der Waals surface area contributed by atoms with Gasteiger partial charge in [0.05, 0.1) is 0 Å². The lowest BCUT2D eigenvalue weighted by Crippen LogP contribution is -1.92. The van der Waals surface area contributed by atoms with Crippen LogP contribution in [0.2, 0.25) is 0 Å². The Balaban J connectivity index is 0.000000461. The summed E-state index contributed by atoms with van der Waals surface area (Å²) in [7, 11) is 0. The first kappa shape index (κ1) is 10.2. The second-order valence-corrected chi connectivity index (χ2v) is 2.49. The van der Waals surface area contributed by atoms with E-state index in [-0.39, 0.29) is 0 Å². The van der Waals surface area contributed by atoms with E-state index >= 15 is 0 Å². The second-order valence-electron chi connectivity index (χ2n) is 2.49. The van der Waals surface area contributed by atoms with E-state index in [1.165, 1.54) is 12.0 Å². The van der Waals surface area contributed by atoms with Crippen molar-refractivity contribution in [3.63, 3.8) is 0 Å². The summed E-state index contributed by atoms with van der Waals surface area (Å²) < 4.78 is 0. The maximum Gasteiger partial charge on any atom is -0.0218 e. The minimum atomic E-state index is 0.697. The summed E-state index contributed by atoms with van der Waals surface area (Å²) in [6.07, 6.45) is 9.63. The van der Waals surface area contributed by atoms with Gasteiger partial charge in [-0.25, -0.2) is 0 Å². The molecule has 0 amide bonds. The molecule has 0 heteroatoms. The number of hydrogen-bond donors (Lipinski definition) is 0. The highest BCUT2D eigenvalue weighted by Gasteiger charge is 1.99. The Morgan fingerprint density at radius 1 is 1.55 bits per heavy atom. The monoisotopic (exact) mass is 150 g/mol. The Bertz CT molecular complexity index is 161. The lowest BCUT2D eigenvalue weighted by molar-refractivity contribution is 0.732. The molecule has 0 spiro atoms. The number of rotatable bonds is 1. The fourth-order valence-electron chi connectivity index (χ4n) is 1.01. The molecule has 1 aliphatic carbocycles. The molecule has 11 heavy (non-hydrogen) atoms. The molecule has 62 valence electrons. The van der Waals surface area contributed by atoms with Gasteiger partial charge in [0.1, 0.15) is 0 Å². The fourth-order valence-corrected chi connectivity index (χ4v) is 1.01. The third kappa shape index (κ3) is 3.82. The maximum absolute atomic E-state index is 3.70. The summed E-state index contributed by atoms with van der Waals surface area (Å²) in [6.45, 7) is 9.91. The third-order valence-corrected chi connectivity index (χ3v) is 1.53. The normalized spacial score (nSPS) is 21.4. The average Bonchev–Trinajstić information content (AvgIpc) is 2.08. The van der Waals surface area contributed by atoms with E-state index in [0.717, 1.165) is 0 Å². The van der Waals surface area contributed by atoms with Crippen molar-refractivity contribution in [2.24, 2.45) is 5.92 Å². The van der Waals surface area contributed by atoms with Gasteiger partial charge in [-0.05, 0) is 17.9 Å². The van der Waals surface area contributed by atoms with Crippen molar-refractivity contribution in [3.05, 3.63) is 36.5 Å². The van der Waals surface area contributed by atoms with E-state index in [2.05, 4.69) is 31.7 Å². The van der Waals surface area contributed by atoms with Crippen molar-refractivity contribution in [3.8, 4) is 0 Å². The van der Waals surface area contributed by atoms with Crippen LogP contribution in [0.3, 0.4) is 0 Å². The van der Waals surface area contributed by atoms with Gasteiger partial charge in [0.2, 0.25) is 0 Å². The first-order chi connectivity index (χ1) is 5.33. The summed E-state index contributed by atoms with van der Waals surface area (Å²) in [5.74, 6) is 0.697. The molecule has 0 fully saturated rings. The van der Waals surface area contributed by atoms with E-state index in [1.54, 1.807) is 0 Å². The average molecular weight is 150 g/mol. The SMILES string of the molecule is C=CC1=CC(C)CC=C1.CC. The van der Waals surface area contributed by atoms with Crippen molar-refractivity contribution < 1.29 is 0 Å². The predicted molar refractivity (Wildman–Crippen MR) is 52.5 cm³/mol. The molecule has 0 nitrogen and oxygen atoms in total. The van der Waals surface area contributed by atoms with Crippen LogP contribution in [-0.4, -0.2) is 0 Å². The molecule has 0 bridgehead atoms. The molecule has 0 heterocycles. The van der Waals surface area contributed by atoms with Gasteiger partial charge in [-0.3, -0.25) is 0 Å². The van der Waals surface area contributed by atoms with Crippen LogP contribution in [0.4, 0.5) is 0 Å². The van der Waals surface area contributed by atoms with Crippen molar-refractivity contribution in [2.45, 2.75) is 27.2 Å². The van der Waals surface area contributed by atoms with Crippen LogP contribution >= 0.6 is 0 Å². The molecule has 0 aromatic carbocycles. The molecule has 0 saturated carbocycles. The van der Waals surface area contributed by atoms with Gasteiger partial charge in [-0.1, -0.05) is 51.7 Å². The van der Waals surface area contributed by atoms with Crippen molar-refractivity contribution in [2.75, 3.05) is 0 Å². The summed E-state index contributed by atoms with van der Waals surface area (Å²) >= 11 is 0. The van der Waals surface area contributed by atoms with E-state index in [1.807, 2.05) is 19.9 Å². The van der Waals surface area contributed by atoms with Gasteiger partial charge in [-0.15, -0.1) is 0 Å². The molecule has 0 saturated heterocycles. The zero-order valence-corrected chi connectivity index (χ0v) is 7.80. The molecular weight excluding hydrogens is 132 g/mol. The van der Waals surface area contributed by atoms with Crippen LogP contribution in [0.15, 0.2) is 36.5 Å². The molecule has 0 N–H and O–H groups in total. The van der Waals surface area contributed by atoms with Crippen LogP contribution in [0, 0.1) is 5.92 Å². The molecule has 1 aliphatic rings. The van der Waals surface area contributed by atoms with E-state index in [0.29, 0.717) is 5.92 Å². The highest BCUT2D eigenvalue weighted by atomic mass is 14.0. The van der Waals surface area contributed by atoms with E-state index in [4.69, 9.17) is 0 Å². The van der Waals surface area contributed by atoms with Crippen molar-refractivity contribution in [1.82, 2.24) is 0 Å². The Hall–Kier alpha value is -0.780. The molecule has 1 rings (SSSR count). The van der Waals surface area contributed by atoms with Gasteiger partial charge in [0, 0.05) is 0 Å². The summed E-state index contributed by atoms with van der Waals surface area (Å²) in [5.41, 5.74) is 1.26. The highest BCUT2D eigenvalue weighted by molar-refractivity contribution is 5.32. The third-order valence-electron chi connectivity index (χ3n) is 1.53. The molecule has 0 aliphatic heterocycles. The lowest BCUT2D eigenvalue weighted by atomic mass is 9.98. The van der Waals surface area contributed by atoms with Crippen LogP contribution < -0.4 is 0 Å². The first-order valence-electron chi connectivity index (χ1n) is 4.33. The molecule has 1 unspecified atom stereocenters. The number of hydrogen-bond acceptors (Lipinski definition) is 0. The number of allylic oxidation sites excluding steroid dienone is 5. The van der Waals surface area contributed by atoms with Crippen LogP contribution in [0.25, 0.3) is 0 Å². The quantitative estimate of drug-likeness (QED) is 0.534. The van der Waals surface area contributed by atoms with Gasteiger partial charge in [0.25, 0.3) is 0 Å². The summed E-state index contributed by atoms with van der Waals surface area (Å²) in [6, 6.07) is 0. The zero-order chi connectivity index (χ0) is 8.69. The first-order valence-corrected chi connectivity index (χ1v) is 4.33. The lowest BCUT2D eigenvalue weighted by Gasteiger charge is -2.07. The van der Waals surface area contributed by atoms with Gasteiger partial charge >= 0.3 is 0 Å². The Morgan fingerprint density at radius 2 is 2.18 bits per heavy atom. The zero-order valence-electron chi connectivity index (χ0n) is 7.80. The summed E-state index contributed by atoms with van der Waals surface area (Å²) in [5, 5.41) is 0. The Labute approximate surface area is 70.3 Å². The molecular formula is C11H18. The van der Waals surface area contributed by atoms with E-state index < -0.39 is 0 Å². The van der Waals surface area contributed by atoms with Gasteiger partial charge in [0.15, 0.2) is 0 Å². The summed E-state index contributed by atoms with van der Waals surface area (Å²) in [4.78, 5) is 0. The topological polar surface area (TPSA) is 0 Å². The standard InChI is InChI=1S/C9H12.C2H6/c1-3-9-6-4-5-8(2)7-9;1-2/h3-4,6-8H,1,5H2,2H3;1-2H3. The van der Waals surface area contributed by atoms with Crippen molar-refractivity contribution >= 4 is 0 Å².